The van der Waals surface area contributed by atoms with E-state index in [1.165, 1.54) is 23.1 Å². The number of rotatable bonds is 2. The number of alkyl halides is 1. The molecule has 1 aromatic rings. The molecule has 218 valence electrons. The second kappa shape index (κ2) is 14.2. The lowest BCUT2D eigenvalue weighted by Gasteiger charge is -2.29. The summed E-state index contributed by atoms with van der Waals surface area (Å²) >= 11 is 0. The molecule has 0 radical (unpaired) electrons. The normalized spacial score (nSPS) is 30.6. The number of fused-ring (bicyclic) bond motifs is 3. The third kappa shape index (κ3) is 8.24. The van der Waals surface area contributed by atoms with Crippen molar-refractivity contribution in [3.05, 3.63) is 59.9 Å². The van der Waals surface area contributed by atoms with E-state index in [0.29, 0.717) is 25.0 Å². The van der Waals surface area contributed by atoms with Crippen LogP contribution < -0.4 is 5.32 Å². The summed E-state index contributed by atoms with van der Waals surface area (Å²) in [6.45, 7) is 11.8. The van der Waals surface area contributed by atoms with E-state index in [1.807, 2.05) is 20.8 Å². The Labute approximate surface area is 234 Å². The molecule has 0 aromatic carbocycles. The van der Waals surface area contributed by atoms with Gasteiger partial charge in [-0.3, -0.25) is 9.59 Å². The lowest BCUT2D eigenvalue weighted by atomic mass is 9.94. The number of allylic oxidation sites excluding steroid dienone is 2. The number of halogens is 1. The van der Waals surface area contributed by atoms with Crippen molar-refractivity contribution in [2.24, 2.45) is 11.8 Å². The third-order valence-corrected chi connectivity index (χ3v) is 6.97. The number of aliphatic hydroxyl groups excluding tert-OH is 1. The molecule has 2 bridgehead atoms. The van der Waals surface area contributed by atoms with Crippen molar-refractivity contribution in [2.75, 3.05) is 13.1 Å². The van der Waals surface area contributed by atoms with Gasteiger partial charge in [0.2, 0.25) is 5.91 Å². The highest BCUT2D eigenvalue weighted by Gasteiger charge is 2.39. The monoisotopic (exact) mass is 557 g/mol. The van der Waals surface area contributed by atoms with Crippen LogP contribution in [-0.2, 0) is 20.7 Å². The van der Waals surface area contributed by atoms with Crippen LogP contribution >= 0.6 is 0 Å². The fourth-order valence-corrected chi connectivity index (χ4v) is 4.98. The van der Waals surface area contributed by atoms with E-state index >= 15 is 0 Å². The Hall–Kier alpha value is -3.53. The van der Waals surface area contributed by atoms with Crippen LogP contribution in [0.3, 0.4) is 0 Å². The van der Waals surface area contributed by atoms with Crippen molar-refractivity contribution >= 4 is 23.9 Å². The Bertz CT molecular complexity index is 1170. The minimum absolute atomic E-state index is 0.00601. The molecule has 2 aliphatic rings. The predicted octanol–water partition coefficient (Wildman–Crippen LogP) is 3.95. The molecule has 0 aliphatic carbocycles. The molecule has 0 spiro atoms. The first-order valence-electron chi connectivity index (χ1n) is 13.8. The molecular weight excluding hydrogens is 517 g/mol. The van der Waals surface area contributed by atoms with Crippen LogP contribution in [0.5, 0.6) is 0 Å². The Balaban J connectivity index is 1.92. The van der Waals surface area contributed by atoms with E-state index in [9.17, 15) is 23.9 Å². The van der Waals surface area contributed by atoms with Gasteiger partial charge in [-0.15, -0.1) is 0 Å². The van der Waals surface area contributed by atoms with Gasteiger partial charge in [-0.1, -0.05) is 57.2 Å². The summed E-state index contributed by atoms with van der Waals surface area (Å²) in [5.41, 5.74) is 0.663. The molecule has 1 saturated heterocycles. The largest absolute Gasteiger partial charge is 0.460 e. The van der Waals surface area contributed by atoms with Gasteiger partial charge in [0.15, 0.2) is 17.3 Å². The fourth-order valence-electron chi connectivity index (χ4n) is 4.98. The minimum Gasteiger partial charge on any atom is -0.460 e. The maximum absolute atomic E-state index is 14.8. The summed E-state index contributed by atoms with van der Waals surface area (Å²) in [6, 6.07) is -0.807. The van der Waals surface area contributed by atoms with Crippen molar-refractivity contribution in [3.63, 3.8) is 0 Å². The van der Waals surface area contributed by atoms with Gasteiger partial charge in [0.05, 0.1) is 12.5 Å². The van der Waals surface area contributed by atoms with Gasteiger partial charge in [-0.05, 0) is 37.8 Å². The SMILES string of the molecule is C=Cc1oc2nc1C(=O)N1CCCC1C(=O)O[C@H](C(C)C)[C@H](C)/C=C\C(=O)NC/C=C\C(C)=C/[C@@H](O)CC(F)C2. The van der Waals surface area contributed by atoms with Gasteiger partial charge in [0.1, 0.15) is 18.3 Å². The van der Waals surface area contributed by atoms with Gasteiger partial charge >= 0.3 is 5.97 Å². The fraction of sp³-hybridized carbons (Fsp3) is 0.533. The van der Waals surface area contributed by atoms with Crippen LogP contribution in [0.15, 0.2) is 46.9 Å². The zero-order valence-corrected chi connectivity index (χ0v) is 23.6. The van der Waals surface area contributed by atoms with Gasteiger partial charge in [0, 0.05) is 25.4 Å². The molecule has 2 amide bonds. The number of carbonyl (C=O) groups excluding carboxylic acids is 3. The van der Waals surface area contributed by atoms with Crippen molar-refractivity contribution in [1.29, 1.82) is 0 Å². The highest BCUT2D eigenvalue weighted by Crippen LogP contribution is 2.27. The topological polar surface area (TPSA) is 122 Å². The molecule has 2 N–H and O–H groups in total. The van der Waals surface area contributed by atoms with Crippen LogP contribution in [-0.4, -0.2) is 70.3 Å². The number of cyclic esters (lactones) is 1. The summed E-state index contributed by atoms with van der Waals surface area (Å²) in [5.74, 6) is -1.55. The van der Waals surface area contributed by atoms with Gasteiger partial charge in [0.25, 0.3) is 5.91 Å². The summed E-state index contributed by atoms with van der Waals surface area (Å²) in [5, 5.41) is 13.1. The molecule has 0 saturated carbocycles. The first-order valence-corrected chi connectivity index (χ1v) is 13.8. The van der Waals surface area contributed by atoms with Crippen LogP contribution in [0.2, 0.25) is 0 Å². The minimum atomic E-state index is -1.49. The molecule has 9 nitrogen and oxygen atoms in total. The number of amides is 2. The molecule has 2 unspecified atom stereocenters. The van der Waals surface area contributed by atoms with E-state index in [0.717, 1.165) is 0 Å². The first-order chi connectivity index (χ1) is 19.0. The Kier molecular flexibility index (Phi) is 11.0. The number of aromatic nitrogens is 1. The lowest BCUT2D eigenvalue weighted by molar-refractivity contribution is -0.158. The number of nitrogens with one attached hydrogen (secondary N) is 1. The molecule has 3 rings (SSSR count). The molecule has 3 heterocycles. The number of hydrogen-bond donors (Lipinski definition) is 2. The van der Waals surface area contributed by atoms with E-state index in [2.05, 4.69) is 16.9 Å². The summed E-state index contributed by atoms with van der Waals surface area (Å²) in [4.78, 5) is 44.7. The van der Waals surface area contributed by atoms with Crippen molar-refractivity contribution < 1.29 is 33.0 Å². The predicted molar refractivity (Wildman–Crippen MR) is 149 cm³/mol. The molecule has 5 atom stereocenters. The molecule has 1 aromatic heterocycles. The average Bonchev–Trinajstić information content (AvgIpc) is 3.54. The van der Waals surface area contributed by atoms with E-state index in [1.54, 1.807) is 25.2 Å². The first kappa shape index (κ1) is 31.0. The molecular formula is C30H40FN3O6. The van der Waals surface area contributed by atoms with Crippen LogP contribution in [0.25, 0.3) is 6.08 Å². The highest BCUT2D eigenvalue weighted by atomic mass is 19.1. The summed E-state index contributed by atoms with van der Waals surface area (Å²) < 4.78 is 26.3. The number of esters is 1. The Morgan fingerprint density at radius 1 is 1.27 bits per heavy atom. The quantitative estimate of drug-likeness (QED) is 0.528. The van der Waals surface area contributed by atoms with E-state index < -0.39 is 36.3 Å². The number of ether oxygens (including phenoxy) is 1. The second-order valence-electron chi connectivity index (χ2n) is 10.7. The smallest absolute Gasteiger partial charge is 0.329 e. The zero-order valence-electron chi connectivity index (χ0n) is 23.6. The number of oxazole rings is 1. The van der Waals surface area contributed by atoms with Gasteiger partial charge < -0.3 is 24.5 Å². The van der Waals surface area contributed by atoms with Crippen molar-refractivity contribution in [1.82, 2.24) is 15.2 Å². The molecule has 1 fully saturated rings. The number of carbonyl (C=O) groups is 3. The summed E-state index contributed by atoms with van der Waals surface area (Å²) in [6.07, 6.45) is 6.96. The van der Waals surface area contributed by atoms with E-state index in [4.69, 9.17) is 9.15 Å². The van der Waals surface area contributed by atoms with E-state index in [-0.39, 0.29) is 54.5 Å². The maximum atomic E-state index is 14.8. The standard InChI is InChI=1S/C30H40FN3O6/c1-6-24-27-29(37)34-14-8-10-23(34)30(38)40-28(18(2)3)20(5)11-12-25(36)32-13-7-9-19(4)15-22(35)16-21(31)17-26(33-27)39-24/h6-7,9,11-12,15,18,20-23,28,35H,1,8,10,13-14,16-17H2,2-5H3,(H,32,36)/b9-7-,12-11-,19-15-/t20-,21?,22-,23?,28-/m1/s1. The van der Waals surface area contributed by atoms with Crippen LogP contribution in [0.4, 0.5) is 4.39 Å². The zero-order chi connectivity index (χ0) is 29.4. The number of aliphatic hydroxyl groups is 1. The van der Waals surface area contributed by atoms with Crippen LogP contribution in [0.1, 0.15) is 69.1 Å². The summed E-state index contributed by atoms with van der Waals surface area (Å²) in [7, 11) is 0. The second-order valence-corrected chi connectivity index (χ2v) is 10.7. The van der Waals surface area contributed by atoms with Crippen molar-refractivity contribution in [3.8, 4) is 0 Å². The third-order valence-electron chi connectivity index (χ3n) is 6.97. The number of hydrogen-bond acceptors (Lipinski definition) is 7. The Morgan fingerprint density at radius 3 is 2.73 bits per heavy atom. The maximum Gasteiger partial charge on any atom is 0.329 e. The highest BCUT2D eigenvalue weighted by molar-refractivity contribution is 5.97. The molecule has 40 heavy (non-hydrogen) atoms. The average molecular weight is 558 g/mol. The Morgan fingerprint density at radius 2 is 2.02 bits per heavy atom. The van der Waals surface area contributed by atoms with Crippen LogP contribution in [0, 0.1) is 11.8 Å². The van der Waals surface area contributed by atoms with Gasteiger partial charge in [-0.2, -0.15) is 0 Å². The molecule has 2 aliphatic heterocycles. The lowest BCUT2D eigenvalue weighted by Crippen LogP contribution is -2.44. The van der Waals surface area contributed by atoms with Crippen molar-refractivity contribution in [2.45, 2.75) is 77.8 Å². The number of nitrogens with zero attached hydrogens (tertiary/aromatic N) is 2. The van der Waals surface area contributed by atoms with Gasteiger partial charge in [-0.25, -0.2) is 14.2 Å². The molecule has 10 heteroatoms.